The predicted molar refractivity (Wildman–Crippen MR) is 67.2 cm³/mol. The third-order valence-electron chi connectivity index (χ3n) is 2.41. The average molecular weight is 252 g/mol. The Morgan fingerprint density at radius 1 is 1.29 bits per heavy atom. The van der Waals surface area contributed by atoms with Crippen LogP contribution in [0, 0.1) is 11.8 Å². The van der Waals surface area contributed by atoms with Crippen molar-refractivity contribution in [2.45, 2.75) is 30.8 Å². The third kappa shape index (κ3) is 4.22. The summed E-state index contributed by atoms with van der Waals surface area (Å²) in [7, 11) is -3.17. The molecule has 0 radical (unpaired) electrons. The van der Waals surface area contributed by atoms with E-state index in [0.717, 1.165) is 11.8 Å². The summed E-state index contributed by atoms with van der Waals surface area (Å²) in [5.41, 5.74) is 0.718. The summed E-state index contributed by atoms with van der Waals surface area (Å²) >= 11 is 0. The van der Waals surface area contributed by atoms with Crippen LogP contribution in [-0.2, 0) is 9.84 Å². The molecule has 1 aromatic carbocycles. The van der Waals surface area contributed by atoms with E-state index in [0.29, 0.717) is 12.8 Å². The highest BCUT2D eigenvalue weighted by atomic mass is 32.2. The van der Waals surface area contributed by atoms with Gasteiger partial charge >= 0.3 is 0 Å². The second-order valence-corrected chi connectivity index (χ2v) is 5.84. The Kier molecular flexibility index (Phi) is 4.73. The monoisotopic (exact) mass is 252 g/mol. The van der Waals surface area contributed by atoms with Gasteiger partial charge in [-0.3, -0.25) is 0 Å². The maximum atomic E-state index is 11.2. The fraction of sp³-hybridized carbons (Fsp3) is 0.385. The molecule has 1 rings (SSSR count). The summed E-state index contributed by atoms with van der Waals surface area (Å²) in [6.45, 7) is 1.76. The molecule has 0 aliphatic heterocycles. The highest BCUT2D eigenvalue weighted by molar-refractivity contribution is 7.90. The fourth-order valence-electron chi connectivity index (χ4n) is 1.44. The summed E-state index contributed by atoms with van der Waals surface area (Å²) in [4.78, 5) is 0.266. The van der Waals surface area contributed by atoms with Gasteiger partial charge < -0.3 is 5.11 Å². The molecular formula is C13H16O3S. The summed E-state index contributed by atoms with van der Waals surface area (Å²) < 4.78 is 22.5. The van der Waals surface area contributed by atoms with E-state index in [1.807, 2.05) is 0 Å². The minimum Gasteiger partial charge on any atom is -0.388 e. The Hall–Kier alpha value is -1.31. The van der Waals surface area contributed by atoms with Crippen LogP contribution in [0.5, 0.6) is 0 Å². The minimum absolute atomic E-state index is 0.266. The van der Waals surface area contributed by atoms with Gasteiger partial charge in [0.1, 0.15) is 0 Å². The lowest BCUT2D eigenvalue weighted by Crippen LogP contribution is -2.00. The number of rotatable bonds is 4. The molecule has 0 amide bonds. The quantitative estimate of drug-likeness (QED) is 0.833. The van der Waals surface area contributed by atoms with Crippen molar-refractivity contribution in [1.29, 1.82) is 0 Å². The third-order valence-corrected chi connectivity index (χ3v) is 3.54. The van der Waals surface area contributed by atoms with Gasteiger partial charge in [0.15, 0.2) is 9.84 Å². The number of hydrogen-bond acceptors (Lipinski definition) is 3. The van der Waals surface area contributed by atoms with Crippen LogP contribution in [0.1, 0.15) is 31.4 Å². The fourth-order valence-corrected chi connectivity index (χ4v) is 2.07. The highest BCUT2D eigenvalue weighted by Gasteiger charge is 2.10. The topological polar surface area (TPSA) is 54.4 Å². The Morgan fingerprint density at radius 3 is 2.35 bits per heavy atom. The summed E-state index contributed by atoms with van der Waals surface area (Å²) in [6, 6.07) is 6.31. The van der Waals surface area contributed by atoms with Gasteiger partial charge in [-0.2, -0.15) is 0 Å². The molecule has 0 aliphatic rings. The molecule has 1 atom stereocenters. The van der Waals surface area contributed by atoms with Gasteiger partial charge in [-0.25, -0.2) is 8.42 Å². The highest BCUT2D eigenvalue weighted by Crippen LogP contribution is 2.19. The van der Waals surface area contributed by atoms with Crippen LogP contribution in [0.15, 0.2) is 29.2 Å². The van der Waals surface area contributed by atoms with Gasteiger partial charge in [-0.1, -0.05) is 12.1 Å². The van der Waals surface area contributed by atoms with Crippen molar-refractivity contribution in [2.24, 2.45) is 0 Å². The molecule has 17 heavy (non-hydrogen) atoms. The molecule has 1 unspecified atom stereocenters. The first-order valence-electron chi connectivity index (χ1n) is 5.33. The Labute approximate surface area is 102 Å². The van der Waals surface area contributed by atoms with Gasteiger partial charge in [0, 0.05) is 12.7 Å². The van der Waals surface area contributed by atoms with Crippen LogP contribution in [0.2, 0.25) is 0 Å². The van der Waals surface area contributed by atoms with E-state index < -0.39 is 15.9 Å². The van der Waals surface area contributed by atoms with E-state index in [2.05, 4.69) is 11.8 Å². The molecule has 92 valence electrons. The molecule has 0 heterocycles. The molecule has 0 bridgehead atoms. The Bertz CT molecular complexity index is 518. The van der Waals surface area contributed by atoms with Crippen molar-refractivity contribution in [3.8, 4) is 11.8 Å². The van der Waals surface area contributed by atoms with Crippen molar-refractivity contribution >= 4 is 9.84 Å². The molecule has 4 heteroatoms. The van der Waals surface area contributed by atoms with E-state index in [4.69, 9.17) is 0 Å². The van der Waals surface area contributed by atoms with Gasteiger partial charge in [-0.15, -0.1) is 11.8 Å². The van der Waals surface area contributed by atoms with Crippen molar-refractivity contribution in [3.05, 3.63) is 29.8 Å². The van der Waals surface area contributed by atoms with E-state index in [-0.39, 0.29) is 4.90 Å². The summed E-state index contributed by atoms with van der Waals surface area (Å²) in [6.07, 6.45) is 1.75. The molecule has 0 saturated heterocycles. The SMILES string of the molecule is CC#CCCC(O)c1ccc(S(C)(=O)=O)cc1. The number of hydrogen-bond donors (Lipinski definition) is 1. The average Bonchev–Trinajstić information content (AvgIpc) is 2.28. The van der Waals surface area contributed by atoms with E-state index >= 15 is 0 Å². The van der Waals surface area contributed by atoms with Gasteiger partial charge in [0.25, 0.3) is 0 Å². The predicted octanol–water partition coefficient (Wildman–Crippen LogP) is 1.93. The first-order chi connectivity index (χ1) is 7.95. The van der Waals surface area contributed by atoms with E-state index in [1.54, 1.807) is 19.1 Å². The van der Waals surface area contributed by atoms with Gasteiger partial charge in [0.05, 0.1) is 11.0 Å². The van der Waals surface area contributed by atoms with Gasteiger partial charge in [-0.05, 0) is 31.0 Å². The van der Waals surface area contributed by atoms with Crippen molar-refractivity contribution in [3.63, 3.8) is 0 Å². The summed E-state index contributed by atoms with van der Waals surface area (Å²) in [5, 5.41) is 9.82. The molecule has 0 fully saturated rings. The van der Waals surface area contributed by atoms with Crippen LogP contribution in [-0.4, -0.2) is 19.8 Å². The number of aliphatic hydroxyl groups excluding tert-OH is 1. The molecule has 1 N–H and O–H groups in total. The normalized spacial score (nSPS) is 12.6. The maximum absolute atomic E-state index is 11.2. The molecule has 0 aromatic heterocycles. The maximum Gasteiger partial charge on any atom is 0.175 e. The van der Waals surface area contributed by atoms with E-state index in [1.165, 1.54) is 12.1 Å². The molecule has 3 nitrogen and oxygen atoms in total. The zero-order valence-electron chi connectivity index (χ0n) is 9.97. The van der Waals surface area contributed by atoms with E-state index in [9.17, 15) is 13.5 Å². The molecular weight excluding hydrogens is 236 g/mol. The standard InChI is InChI=1S/C13H16O3S/c1-3-4-5-6-13(14)11-7-9-12(10-8-11)17(2,15)16/h7-10,13-14H,5-6H2,1-2H3. The summed E-state index contributed by atoms with van der Waals surface area (Å²) in [5.74, 6) is 5.64. The Morgan fingerprint density at radius 2 is 1.88 bits per heavy atom. The zero-order valence-corrected chi connectivity index (χ0v) is 10.8. The minimum atomic E-state index is -3.17. The Balaban J connectivity index is 2.76. The van der Waals surface area contributed by atoms with Crippen LogP contribution < -0.4 is 0 Å². The zero-order chi connectivity index (χ0) is 12.9. The van der Waals surface area contributed by atoms with Gasteiger partial charge in [0.2, 0.25) is 0 Å². The van der Waals surface area contributed by atoms with Crippen molar-refractivity contribution in [1.82, 2.24) is 0 Å². The molecule has 0 spiro atoms. The van der Waals surface area contributed by atoms with Crippen molar-refractivity contribution < 1.29 is 13.5 Å². The lowest BCUT2D eigenvalue weighted by Gasteiger charge is -2.09. The molecule has 0 saturated carbocycles. The molecule has 1 aromatic rings. The smallest absolute Gasteiger partial charge is 0.175 e. The number of benzene rings is 1. The molecule has 0 aliphatic carbocycles. The number of aliphatic hydroxyl groups is 1. The van der Waals surface area contributed by atoms with Crippen LogP contribution in [0.25, 0.3) is 0 Å². The van der Waals surface area contributed by atoms with Crippen LogP contribution in [0.3, 0.4) is 0 Å². The largest absolute Gasteiger partial charge is 0.388 e. The second kappa shape index (κ2) is 5.85. The first kappa shape index (κ1) is 13.8. The lowest BCUT2D eigenvalue weighted by atomic mass is 10.1. The first-order valence-corrected chi connectivity index (χ1v) is 7.22. The lowest BCUT2D eigenvalue weighted by molar-refractivity contribution is 0.169. The van der Waals surface area contributed by atoms with Crippen LogP contribution >= 0.6 is 0 Å². The second-order valence-electron chi connectivity index (χ2n) is 3.82. The van der Waals surface area contributed by atoms with Crippen LogP contribution in [0.4, 0.5) is 0 Å². The number of sulfone groups is 1. The van der Waals surface area contributed by atoms with Crippen molar-refractivity contribution in [2.75, 3.05) is 6.26 Å².